The van der Waals surface area contributed by atoms with Crippen LogP contribution in [-0.2, 0) is 11.3 Å². The van der Waals surface area contributed by atoms with E-state index in [1.54, 1.807) is 0 Å². The third-order valence-corrected chi connectivity index (χ3v) is 3.14. The van der Waals surface area contributed by atoms with Crippen molar-refractivity contribution in [3.63, 3.8) is 0 Å². The van der Waals surface area contributed by atoms with E-state index in [0.717, 1.165) is 18.2 Å². The maximum atomic E-state index is 5.61. The van der Waals surface area contributed by atoms with Gasteiger partial charge in [-0.2, -0.15) is 0 Å². The van der Waals surface area contributed by atoms with Gasteiger partial charge in [-0.25, -0.2) is 9.97 Å². The molecular weight excluding hydrogens is 240 g/mol. The zero-order chi connectivity index (χ0) is 13.8. The molecule has 19 heavy (non-hydrogen) atoms. The Morgan fingerprint density at radius 2 is 1.89 bits per heavy atom. The number of ether oxygens (including phenoxy) is 1. The van der Waals surface area contributed by atoms with Crippen LogP contribution in [0.5, 0.6) is 0 Å². The third-order valence-electron chi connectivity index (χ3n) is 3.14. The van der Waals surface area contributed by atoms with Gasteiger partial charge < -0.3 is 13.9 Å². The first-order valence-electron chi connectivity index (χ1n) is 6.77. The van der Waals surface area contributed by atoms with Crippen LogP contribution < -0.4 is 0 Å². The summed E-state index contributed by atoms with van der Waals surface area (Å²) in [6.45, 7) is 9.74. The molecule has 5 heteroatoms. The summed E-state index contributed by atoms with van der Waals surface area (Å²) in [4.78, 5) is 8.82. The molecular formula is C14H22N4O. The molecule has 0 saturated carbocycles. The van der Waals surface area contributed by atoms with Crippen molar-refractivity contribution >= 4 is 0 Å². The number of imidazole rings is 2. The van der Waals surface area contributed by atoms with E-state index in [-0.39, 0.29) is 6.10 Å². The van der Waals surface area contributed by atoms with Crippen LogP contribution in [0.4, 0.5) is 0 Å². The molecule has 2 heterocycles. The Kier molecular flexibility index (Phi) is 4.37. The summed E-state index contributed by atoms with van der Waals surface area (Å²) in [7, 11) is 0. The molecule has 0 bridgehead atoms. The van der Waals surface area contributed by atoms with Gasteiger partial charge in [-0.05, 0) is 27.7 Å². The Balaban J connectivity index is 2.19. The van der Waals surface area contributed by atoms with Gasteiger partial charge in [0, 0.05) is 37.4 Å². The Morgan fingerprint density at radius 3 is 2.58 bits per heavy atom. The highest BCUT2D eigenvalue weighted by Crippen LogP contribution is 2.16. The van der Waals surface area contributed by atoms with E-state index in [9.17, 15) is 0 Å². The minimum absolute atomic E-state index is 0.00228. The summed E-state index contributed by atoms with van der Waals surface area (Å²) in [6, 6.07) is 0.411. The molecule has 0 aliphatic heterocycles. The van der Waals surface area contributed by atoms with E-state index >= 15 is 0 Å². The number of rotatable bonds is 6. The first-order chi connectivity index (χ1) is 9.13. The zero-order valence-electron chi connectivity index (χ0n) is 12.1. The van der Waals surface area contributed by atoms with Crippen molar-refractivity contribution in [2.75, 3.05) is 6.61 Å². The van der Waals surface area contributed by atoms with Crippen molar-refractivity contribution in [1.29, 1.82) is 0 Å². The molecule has 0 radical (unpaired) electrons. The molecule has 2 aromatic rings. The molecule has 0 aliphatic rings. The highest BCUT2D eigenvalue weighted by Gasteiger charge is 2.14. The van der Waals surface area contributed by atoms with Crippen molar-refractivity contribution in [3.8, 4) is 0 Å². The normalized spacial score (nSPS) is 13.1. The molecule has 0 aromatic carbocycles. The van der Waals surface area contributed by atoms with Crippen molar-refractivity contribution in [1.82, 2.24) is 19.1 Å². The van der Waals surface area contributed by atoms with Gasteiger partial charge in [0.15, 0.2) is 0 Å². The quantitative estimate of drug-likeness (QED) is 0.804. The lowest BCUT2D eigenvalue weighted by Gasteiger charge is -2.16. The molecule has 0 amide bonds. The van der Waals surface area contributed by atoms with E-state index in [4.69, 9.17) is 4.74 Å². The van der Waals surface area contributed by atoms with Crippen LogP contribution >= 0.6 is 0 Å². The van der Waals surface area contributed by atoms with Gasteiger partial charge in [0.1, 0.15) is 17.8 Å². The van der Waals surface area contributed by atoms with Gasteiger partial charge in [-0.3, -0.25) is 0 Å². The van der Waals surface area contributed by atoms with Gasteiger partial charge in [0.25, 0.3) is 0 Å². The lowest BCUT2D eigenvalue weighted by molar-refractivity contribution is 0.0676. The molecule has 0 N–H and O–H groups in total. The van der Waals surface area contributed by atoms with Crippen LogP contribution in [0.2, 0.25) is 0 Å². The second kappa shape index (κ2) is 6.02. The lowest BCUT2D eigenvalue weighted by atomic mass is 10.3. The van der Waals surface area contributed by atoms with E-state index < -0.39 is 0 Å². The Morgan fingerprint density at radius 1 is 1.16 bits per heavy atom. The molecule has 1 atom stereocenters. The smallest absolute Gasteiger partial charge is 0.138 e. The van der Waals surface area contributed by atoms with Crippen molar-refractivity contribution < 1.29 is 4.74 Å². The van der Waals surface area contributed by atoms with Crippen LogP contribution in [-0.4, -0.2) is 25.7 Å². The first kappa shape index (κ1) is 13.8. The average molecular weight is 262 g/mol. The zero-order valence-corrected chi connectivity index (χ0v) is 12.1. The van der Waals surface area contributed by atoms with Crippen molar-refractivity contribution in [2.24, 2.45) is 0 Å². The first-order valence-corrected chi connectivity index (χ1v) is 6.77. The second-order valence-corrected chi connectivity index (χ2v) is 4.86. The number of aromatic nitrogens is 4. The standard InChI is InChI=1S/C14H22N4O/c1-5-19-12(4)14-16-6-8-17(14)10-13-15-7-9-18(13)11(2)3/h6-9,11-12H,5,10H2,1-4H3. The van der Waals surface area contributed by atoms with Crippen LogP contribution in [0.1, 0.15) is 51.5 Å². The molecule has 1 unspecified atom stereocenters. The van der Waals surface area contributed by atoms with E-state index in [0.29, 0.717) is 12.6 Å². The molecule has 0 fully saturated rings. The fraction of sp³-hybridized carbons (Fsp3) is 0.571. The largest absolute Gasteiger partial charge is 0.371 e. The van der Waals surface area contributed by atoms with E-state index in [1.165, 1.54) is 0 Å². The Hall–Kier alpha value is -1.62. The maximum Gasteiger partial charge on any atom is 0.138 e. The highest BCUT2D eigenvalue weighted by molar-refractivity contribution is 5.02. The summed E-state index contributed by atoms with van der Waals surface area (Å²) < 4.78 is 9.89. The van der Waals surface area contributed by atoms with Gasteiger partial charge in [0.2, 0.25) is 0 Å². The summed E-state index contributed by atoms with van der Waals surface area (Å²) >= 11 is 0. The maximum absolute atomic E-state index is 5.61. The summed E-state index contributed by atoms with van der Waals surface area (Å²) in [5, 5.41) is 0. The average Bonchev–Trinajstić information content (AvgIpc) is 2.98. The van der Waals surface area contributed by atoms with E-state index in [1.807, 2.05) is 38.6 Å². The topological polar surface area (TPSA) is 44.9 Å². The number of hydrogen-bond donors (Lipinski definition) is 0. The predicted octanol–water partition coefficient (Wildman–Crippen LogP) is 2.81. The summed E-state index contributed by atoms with van der Waals surface area (Å²) in [6.07, 6.45) is 7.65. The number of hydrogen-bond acceptors (Lipinski definition) is 3. The summed E-state index contributed by atoms with van der Waals surface area (Å²) in [5.41, 5.74) is 0. The van der Waals surface area contributed by atoms with Crippen molar-refractivity contribution in [3.05, 3.63) is 36.4 Å². The number of nitrogens with zero attached hydrogens (tertiary/aromatic N) is 4. The minimum atomic E-state index is 0.00228. The molecule has 0 spiro atoms. The fourth-order valence-corrected chi connectivity index (χ4v) is 2.23. The van der Waals surface area contributed by atoms with Crippen LogP contribution in [0.25, 0.3) is 0 Å². The third kappa shape index (κ3) is 3.04. The van der Waals surface area contributed by atoms with Gasteiger partial charge in [-0.1, -0.05) is 0 Å². The van der Waals surface area contributed by atoms with Crippen LogP contribution in [0.15, 0.2) is 24.8 Å². The summed E-state index contributed by atoms with van der Waals surface area (Å²) in [5.74, 6) is 1.98. The SMILES string of the molecule is CCOC(C)c1nccn1Cc1nccn1C(C)C. The monoisotopic (exact) mass is 262 g/mol. The van der Waals surface area contributed by atoms with E-state index in [2.05, 4.69) is 32.9 Å². The van der Waals surface area contributed by atoms with Crippen LogP contribution in [0.3, 0.4) is 0 Å². The van der Waals surface area contributed by atoms with Gasteiger partial charge in [-0.15, -0.1) is 0 Å². The van der Waals surface area contributed by atoms with Crippen molar-refractivity contribution in [2.45, 2.75) is 46.4 Å². The molecule has 0 aliphatic carbocycles. The van der Waals surface area contributed by atoms with Gasteiger partial charge >= 0.3 is 0 Å². The fourth-order valence-electron chi connectivity index (χ4n) is 2.23. The molecule has 5 nitrogen and oxygen atoms in total. The molecule has 2 aromatic heterocycles. The Labute approximate surface area is 114 Å². The molecule has 104 valence electrons. The minimum Gasteiger partial charge on any atom is -0.371 e. The molecule has 2 rings (SSSR count). The molecule has 0 saturated heterocycles. The lowest BCUT2D eigenvalue weighted by Crippen LogP contribution is -2.14. The van der Waals surface area contributed by atoms with Gasteiger partial charge in [0.05, 0.1) is 6.54 Å². The Bertz CT molecular complexity index is 515. The predicted molar refractivity (Wildman–Crippen MR) is 74.0 cm³/mol. The second-order valence-electron chi connectivity index (χ2n) is 4.86. The van der Waals surface area contributed by atoms with Crippen LogP contribution in [0, 0.1) is 0 Å². The highest BCUT2D eigenvalue weighted by atomic mass is 16.5.